The molecule has 1 unspecified atom stereocenters. The maximum Gasteiger partial charge on any atom is 0.410 e. The van der Waals surface area contributed by atoms with Crippen molar-refractivity contribution in [2.24, 2.45) is 34.5 Å². The zero-order valence-corrected chi connectivity index (χ0v) is 79.4. The third-order valence-corrected chi connectivity index (χ3v) is 28.9. The highest BCUT2D eigenvalue weighted by Crippen LogP contribution is 2.61. The maximum atomic E-state index is 14.3. The van der Waals surface area contributed by atoms with Crippen molar-refractivity contribution in [2.45, 2.75) is 192 Å². The van der Waals surface area contributed by atoms with Crippen molar-refractivity contribution < 1.29 is 71.9 Å². The summed E-state index contributed by atoms with van der Waals surface area (Å²) < 4.78 is 24.7. The predicted molar refractivity (Wildman–Crippen MR) is 519 cm³/mol. The Kier molecular flexibility index (Phi) is 26.4. The second-order valence-corrected chi connectivity index (χ2v) is 39.8. The summed E-state index contributed by atoms with van der Waals surface area (Å²) in [5.41, 5.74) is 12.9. The van der Waals surface area contributed by atoms with Gasteiger partial charge in [-0.15, -0.1) is 0 Å². The Morgan fingerprint density at radius 1 is 0.399 bits per heavy atom. The van der Waals surface area contributed by atoms with Gasteiger partial charge in [0.25, 0.3) is 5.91 Å². The second-order valence-electron chi connectivity index (χ2n) is 39.8. The summed E-state index contributed by atoms with van der Waals surface area (Å²) in [7, 11) is 5.10. The van der Waals surface area contributed by atoms with E-state index in [1.807, 2.05) is 123 Å². The summed E-state index contributed by atoms with van der Waals surface area (Å²) in [6.07, 6.45) is 16.5. The van der Waals surface area contributed by atoms with Gasteiger partial charge in [-0.3, -0.25) is 19.3 Å². The number of nitrogens with zero attached hydrogens (tertiary/aromatic N) is 8. The average molecular weight is 1870 g/mol. The lowest BCUT2D eigenvalue weighted by Crippen LogP contribution is -2.54. The summed E-state index contributed by atoms with van der Waals surface area (Å²) in [6, 6.07) is 56.6. The average Bonchev–Trinajstić information content (AvgIpc) is 1.57. The van der Waals surface area contributed by atoms with E-state index in [0.717, 1.165) is 196 Å². The van der Waals surface area contributed by atoms with Crippen LogP contribution >= 0.6 is 0 Å². The lowest BCUT2D eigenvalue weighted by atomic mass is 9.95. The minimum Gasteiger partial charge on any atom is -0.479 e. The highest BCUT2D eigenvalue weighted by Gasteiger charge is 2.58. The summed E-state index contributed by atoms with van der Waals surface area (Å²) in [4.78, 5) is 155. The van der Waals surface area contributed by atoms with Crippen molar-refractivity contribution in [3.8, 4) is 67.3 Å². The van der Waals surface area contributed by atoms with E-state index in [9.17, 15) is 43.2 Å². The zero-order valence-electron chi connectivity index (χ0n) is 79.4. The van der Waals surface area contributed by atoms with Crippen LogP contribution in [0.25, 0.3) is 88.8 Å². The molecule has 8 fully saturated rings. The smallest absolute Gasteiger partial charge is 0.410 e. The number of aromatic nitrogens is 8. The Morgan fingerprint density at radius 3 is 1.12 bits per heavy atom. The molecule has 31 nitrogen and oxygen atoms in total. The van der Waals surface area contributed by atoms with Gasteiger partial charge in [0.1, 0.15) is 47.0 Å². The molecule has 31 heteroatoms. The third-order valence-electron chi connectivity index (χ3n) is 28.9. The van der Waals surface area contributed by atoms with Crippen molar-refractivity contribution in [3.63, 3.8) is 0 Å². The van der Waals surface area contributed by atoms with Crippen molar-refractivity contribution in [2.75, 3.05) is 41.5 Å². The minimum absolute atomic E-state index is 0.0780. The SMILES string of the molecule is COC(=O)NC(C(=O)N1CC2(CC2)C[C@H]1c1ncc(-c2ccc3cc(-c4ccc(-c5cnc([C@@H]6[C@H]7CC[C@H](C7)N6C(=O)[C@@H](NC(=O)OC)C(C)C)[nH]5)cc4)ccc3c2)[nH]1)c1ccccc1.COC(=O)N[C@@H](C(=O)O)c1ccccc1.COC(=O)N[C@H](C(=O)N1[C@@H]2CC[C@@H](C2)[C@H]1c1ncc(-c2ccc(-c3ccc4cc(-c5cnc([C@@H]6CC7(CC7)CN6C(=O)OC(C)(C)C)[nH]5)ccc4c3)cc2)[nH]1)C(C)C. The number of hydrogen-bond donors (Lipinski definition) is 9. The standard InChI is InChI=1S/C51H54N8O6.C46H53N7O5.C10H11NO4/c1-29(2)42(56-49(62)64-3)48(61)59-38-19-18-37(24-38)44(59)46-53-26-39(55-46)31-12-10-30(11-13-31)33-14-15-35-23-36(17-16-34(35)22-33)40-27-52-45(54-40)41-25-51(20-21-51)28-58(41)47(60)43(57-50(63)65-4)32-8-6-5-7-9-32;1-26(2)38(51-43(55)57-6)42(54)53-34-16-15-33(21-34)39(53)41-48-23-35(50-41)28-9-7-27(8-10-28)29-11-12-31-20-32(14-13-30(31)19-29)36-24-47-40(49-36)37-22-46(17-18-46)25-52(37)44(56)58-45(3,4)5;1-15-10(14)11-8(9(12)13)7-5-3-2-4-6-7/h5-17,22-23,26-27,29,37-38,41-44H,18-21,24-25,28H2,1-4H3,(H,52,54)(H,53,55)(H,56,62)(H,57,63);7-14,19-20,23-24,26,33-34,37-39H,15-18,21-22,25H2,1-6H3,(H,47,49)(H,48,50)(H,51,55);2-6,8H,1H3,(H,11,14)(H,12,13)/t37-,38+,41-,42-,43?,44-;33-,34+,37-,38-,39-;8-/m001/s1. The Bertz CT molecular complexity index is 6540. The third kappa shape index (κ3) is 19.7. The molecular weight excluding hydrogens is 1750 g/mol. The monoisotopic (exact) mass is 1870 g/mol. The number of carboxylic acids is 1. The molecule has 4 aliphatic heterocycles. The number of carbonyl (C=O) groups excluding carboxylic acids is 8. The summed E-state index contributed by atoms with van der Waals surface area (Å²) in [5.74, 6) is 2.05. The molecule has 716 valence electrons. The van der Waals surface area contributed by atoms with Gasteiger partial charge in [0, 0.05) is 36.3 Å². The molecule has 20 rings (SSSR count). The van der Waals surface area contributed by atoms with Crippen LogP contribution in [0.15, 0.2) is 207 Å². The van der Waals surface area contributed by atoms with Crippen LogP contribution in [0.1, 0.15) is 196 Å². The van der Waals surface area contributed by atoms with E-state index in [-0.39, 0.29) is 82.7 Å². The molecule has 2 spiro atoms. The Labute approximate surface area is 800 Å². The number of nitrogens with one attached hydrogen (secondary N) is 8. The maximum absolute atomic E-state index is 14.3. The highest BCUT2D eigenvalue weighted by molar-refractivity contribution is 5.94. The molecule has 4 bridgehead atoms. The predicted octanol–water partition coefficient (Wildman–Crippen LogP) is 19.2. The van der Waals surface area contributed by atoms with Crippen molar-refractivity contribution in [1.29, 1.82) is 0 Å². The van der Waals surface area contributed by atoms with Crippen LogP contribution in [0.2, 0.25) is 0 Å². The number of H-pyrrole nitrogens is 4. The van der Waals surface area contributed by atoms with Gasteiger partial charge in [-0.1, -0.05) is 185 Å². The van der Waals surface area contributed by atoms with E-state index in [2.05, 4.69) is 167 Å². The van der Waals surface area contributed by atoms with Crippen LogP contribution in [0, 0.1) is 34.5 Å². The number of piperidine rings is 2. The first kappa shape index (κ1) is 93.7. The van der Waals surface area contributed by atoms with E-state index >= 15 is 0 Å². The molecule has 4 saturated carbocycles. The highest BCUT2D eigenvalue weighted by atomic mass is 16.6. The fraction of sp³-hybridized carbons (Fsp3) is 0.393. The fourth-order valence-corrected chi connectivity index (χ4v) is 21.3. The number of benzene rings is 8. The lowest BCUT2D eigenvalue weighted by Gasteiger charge is -2.37. The van der Waals surface area contributed by atoms with Gasteiger partial charge < -0.3 is 84.7 Å². The minimum atomic E-state index is -1.13. The molecule has 9 N–H and O–H groups in total. The fourth-order valence-electron chi connectivity index (χ4n) is 21.3. The molecule has 8 aliphatic rings. The normalized spacial score (nSPS) is 20.8. The van der Waals surface area contributed by atoms with Gasteiger partial charge in [0.15, 0.2) is 6.04 Å². The topological polar surface area (TPSA) is 396 Å². The Hall–Kier alpha value is -14.7. The molecule has 0 radical (unpaired) electrons. The van der Waals surface area contributed by atoms with Crippen LogP contribution in [-0.2, 0) is 42.9 Å². The number of rotatable bonds is 22. The number of methoxy groups -OCH3 is 4. The van der Waals surface area contributed by atoms with Crippen LogP contribution < -0.4 is 21.3 Å². The largest absolute Gasteiger partial charge is 0.479 e. The first-order valence-corrected chi connectivity index (χ1v) is 47.6. The molecule has 12 atom stereocenters. The van der Waals surface area contributed by atoms with E-state index < -0.39 is 60.1 Å². The number of imidazole rings is 4. The van der Waals surface area contributed by atoms with E-state index in [4.69, 9.17) is 44.0 Å². The Balaban J connectivity index is 0.000000160. The number of carboxylic acid groups (broad SMARTS) is 1. The van der Waals surface area contributed by atoms with Crippen LogP contribution in [0.4, 0.5) is 24.0 Å². The number of alkyl carbamates (subject to hydrolysis) is 4. The number of ether oxygens (including phenoxy) is 5. The first-order chi connectivity index (χ1) is 66.4. The van der Waals surface area contributed by atoms with E-state index in [1.54, 1.807) is 30.3 Å². The van der Waals surface area contributed by atoms with Crippen LogP contribution in [0.3, 0.4) is 0 Å². The van der Waals surface area contributed by atoms with Gasteiger partial charge in [-0.05, 0) is 223 Å². The molecule has 8 aromatic carbocycles. The molecule has 4 aliphatic carbocycles. The quantitative estimate of drug-likeness (QED) is 0.0285. The summed E-state index contributed by atoms with van der Waals surface area (Å²) in [5, 5.41) is 23.9. The van der Waals surface area contributed by atoms with Crippen molar-refractivity contribution in [1.82, 2.24) is 80.7 Å². The number of amides is 8. The number of aromatic amines is 4. The zero-order chi connectivity index (χ0) is 96.8. The molecule has 4 aromatic heterocycles. The molecule has 12 aromatic rings. The van der Waals surface area contributed by atoms with Gasteiger partial charge in [0.2, 0.25) is 11.8 Å². The van der Waals surface area contributed by atoms with Gasteiger partial charge in [0.05, 0.1) is 100 Å². The van der Waals surface area contributed by atoms with Crippen molar-refractivity contribution in [3.05, 3.63) is 241 Å². The summed E-state index contributed by atoms with van der Waals surface area (Å²) in [6.45, 7) is 14.8. The molecular formula is C107H118N16O15. The number of hydrogen-bond acceptors (Lipinski definition) is 18. The molecule has 4 saturated heterocycles. The Morgan fingerprint density at radius 2 is 0.732 bits per heavy atom. The van der Waals surface area contributed by atoms with Crippen LogP contribution in [-0.4, -0.2) is 190 Å². The van der Waals surface area contributed by atoms with E-state index in [1.165, 1.54) is 28.4 Å². The second kappa shape index (κ2) is 38.9. The van der Waals surface area contributed by atoms with Gasteiger partial charge >= 0.3 is 36.4 Å². The number of fused-ring (bicyclic) bond motifs is 6. The first-order valence-electron chi connectivity index (χ1n) is 47.6. The van der Waals surface area contributed by atoms with Gasteiger partial charge in [-0.25, -0.2) is 48.7 Å². The number of likely N-dealkylation sites (tertiary alicyclic amines) is 4. The molecule has 8 heterocycles. The molecule has 8 amide bonds. The molecule has 138 heavy (non-hydrogen) atoms. The number of aliphatic carboxylic acids is 1. The number of carbonyl (C=O) groups is 9. The van der Waals surface area contributed by atoms with Crippen molar-refractivity contribution >= 4 is 75.7 Å². The lowest BCUT2D eigenvalue weighted by molar-refractivity contribution is -0.140. The summed E-state index contributed by atoms with van der Waals surface area (Å²) >= 11 is 0. The van der Waals surface area contributed by atoms with Crippen LogP contribution in [0.5, 0.6) is 0 Å². The van der Waals surface area contributed by atoms with Gasteiger partial charge in [-0.2, -0.15) is 0 Å². The van der Waals surface area contributed by atoms with E-state index in [0.29, 0.717) is 29.5 Å².